The second-order valence-corrected chi connectivity index (χ2v) is 4.25. The first-order valence-corrected chi connectivity index (χ1v) is 4.38. The van der Waals surface area contributed by atoms with Crippen molar-refractivity contribution < 1.29 is 0 Å². The molecule has 4 unspecified atom stereocenters. The van der Waals surface area contributed by atoms with Gasteiger partial charge >= 0.3 is 0 Å². The van der Waals surface area contributed by atoms with E-state index in [1.54, 1.807) is 11.1 Å². The Labute approximate surface area is 60.6 Å². The van der Waals surface area contributed by atoms with Crippen LogP contribution in [0.25, 0.3) is 0 Å². The van der Waals surface area contributed by atoms with Crippen molar-refractivity contribution in [3.05, 3.63) is 23.3 Å². The van der Waals surface area contributed by atoms with E-state index in [1.807, 2.05) is 0 Å². The number of rotatable bonds is 0. The third kappa shape index (κ3) is 0.236. The van der Waals surface area contributed by atoms with Crippen molar-refractivity contribution >= 4 is 0 Å². The quantitative estimate of drug-likeness (QED) is 0.471. The summed E-state index contributed by atoms with van der Waals surface area (Å²) in [4.78, 5) is 0. The van der Waals surface area contributed by atoms with E-state index < -0.39 is 0 Å². The van der Waals surface area contributed by atoms with Crippen molar-refractivity contribution in [1.82, 2.24) is 0 Å². The van der Waals surface area contributed by atoms with Crippen LogP contribution in [0, 0.1) is 23.7 Å². The molecular weight excluding hydrogens is 120 g/mol. The molecule has 2 fully saturated rings. The zero-order chi connectivity index (χ0) is 6.29. The van der Waals surface area contributed by atoms with Crippen LogP contribution in [0.4, 0.5) is 0 Å². The Morgan fingerprint density at radius 2 is 1.40 bits per heavy atom. The van der Waals surface area contributed by atoms with E-state index in [1.165, 1.54) is 12.8 Å². The van der Waals surface area contributed by atoms with Gasteiger partial charge in [-0.1, -0.05) is 12.2 Å². The highest BCUT2D eigenvalue weighted by atomic mass is 14.7. The highest BCUT2D eigenvalue weighted by molar-refractivity contribution is 5.58. The second kappa shape index (κ2) is 1.03. The molecule has 0 aliphatic heterocycles. The average molecular weight is 130 g/mol. The maximum atomic E-state index is 2.44. The number of hydrogen-bond acceptors (Lipinski definition) is 0. The van der Waals surface area contributed by atoms with Crippen LogP contribution >= 0.6 is 0 Å². The van der Waals surface area contributed by atoms with Gasteiger partial charge in [0.05, 0.1) is 0 Å². The van der Waals surface area contributed by atoms with Crippen LogP contribution in [0.1, 0.15) is 12.8 Å². The summed E-state index contributed by atoms with van der Waals surface area (Å²) in [5.74, 6) is 4.34. The molecule has 5 aliphatic rings. The monoisotopic (exact) mass is 130 g/mol. The molecule has 50 valence electrons. The maximum absolute atomic E-state index is 2.44. The molecule has 0 aromatic rings. The SMILES string of the molecule is C1=C2C=C1C1C3CCC3C21. The smallest absolute Gasteiger partial charge is 0.00589 e. The van der Waals surface area contributed by atoms with Gasteiger partial charge in [-0.2, -0.15) is 0 Å². The Kier molecular flexibility index (Phi) is 0.450. The molecule has 0 aromatic carbocycles. The Morgan fingerprint density at radius 1 is 0.900 bits per heavy atom. The molecule has 10 heavy (non-hydrogen) atoms. The lowest BCUT2D eigenvalue weighted by Crippen LogP contribution is -2.50. The molecule has 0 heterocycles. The van der Waals surface area contributed by atoms with Gasteiger partial charge in [-0.05, 0) is 47.7 Å². The van der Waals surface area contributed by atoms with Crippen LogP contribution in [-0.2, 0) is 0 Å². The topological polar surface area (TPSA) is 0 Å². The summed E-state index contributed by atoms with van der Waals surface area (Å²) in [6.45, 7) is 0. The Morgan fingerprint density at radius 3 is 1.80 bits per heavy atom. The van der Waals surface area contributed by atoms with Crippen LogP contribution in [0.5, 0.6) is 0 Å². The van der Waals surface area contributed by atoms with Crippen LogP contribution in [-0.4, -0.2) is 0 Å². The van der Waals surface area contributed by atoms with Crippen molar-refractivity contribution in [3.63, 3.8) is 0 Å². The molecule has 5 aliphatic carbocycles. The Bertz CT molecular complexity index is 247. The summed E-state index contributed by atoms with van der Waals surface area (Å²) in [7, 11) is 0. The van der Waals surface area contributed by atoms with Gasteiger partial charge in [0.1, 0.15) is 0 Å². The lowest BCUT2D eigenvalue weighted by Gasteiger charge is -2.56. The van der Waals surface area contributed by atoms with Gasteiger partial charge in [0, 0.05) is 0 Å². The minimum atomic E-state index is 1.04. The lowest BCUT2D eigenvalue weighted by atomic mass is 9.48. The van der Waals surface area contributed by atoms with Gasteiger partial charge in [-0.15, -0.1) is 0 Å². The molecule has 2 saturated carbocycles. The first-order chi connectivity index (χ1) is 4.95. The van der Waals surface area contributed by atoms with Gasteiger partial charge in [-0.25, -0.2) is 0 Å². The van der Waals surface area contributed by atoms with Crippen molar-refractivity contribution in [2.75, 3.05) is 0 Å². The van der Waals surface area contributed by atoms with Gasteiger partial charge in [-0.3, -0.25) is 0 Å². The van der Waals surface area contributed by atoms with E-state index in [0.29, 0.717) is 0 Å². The van der Waals surface area contributed by atoms with Crippen LogP contribution in [0.3, 0.4) is 0 Å². The number of fused-ring (bicyclic) bond motifs is 1. The molecule has 0 aromatic heterocycles. The molecule has 4 atom stereocenters. The fourth-order valence-electron chi connectivity index (χ4n) is 3.50. The highest BCUT2D eigenvalue weighted by Crippen LogP contribution is 2.69. The summed E-state index contributed by atoms with van der Waals surface area (Å²) in [6, 6.07) is 0. The largest absolute Gasteiger partial charge is 0.0552 e. The number of hydrogen-bond donors (Lipinski definition) is 0. The second-order valence-electron chi connectivity index (χ2n) is 4.25. The first kappa shape index (κ1) is 4.38. The number of allylic oxidation sites excluding steroid dienone is 4. The third-order valence-corrected chi connectivity index (χ3v) is 4.13. The van der Waals surface area contributed by atoms with Gasteiger partial charge in [0.25, 0.3) is 0 Å². The summed E-state index contributed by atoms with van der Waals surface area (Å²) in [5, 5.41) is 0. The van der Waals surface area contributed by atoms with Gasteiger partial charge in [0.15, 0.2) is 0 Å². The van der Waals surface area contributed by atoms with E-state index in [4.69, 9.17) is 0 Å². The fourth-order valence-corrected chi connectivity index (χ4v) is 3.50. The van der Waals surface area contributed by atoms with Crippen molar-refractivity contribution in [1.29, 1.82) is 0 Å². The van der Waals surface area contributed by atoms with Crippen molar-refractivity contribution in [2.24, 2.45) is 23.7 Å². The molecule has 0 N–H and O–H groups in total. The van der Waals surface area contributed by atoms with E-state index in [9.17, 15) is 0 Å². The Balaban J connectivity index is 1.87. The van der Waals surface area contributed by atoms with E-state index in [2.05, 4.69) is 12.2 Å². The predicted molar refractivity (Wildman–Crippen MR) is 39.4 cm³/mol. The van der Waals surface area contributed by atoms with Crippen molar-refractivity contribution in [2.45, 2.75) is 12.8 Å². The first-order valence-electron chi connectivity index (χ1n) is 4.38. The summed E-state index contributed by atoms with van der Waals surface area (Å²) in [6.07, 6.45) is 7.94. The van der Waals surface area contributed by atoms with E-state index >= 15 is 0 Å². The molecule has 0 nitrogen and oxygen atoms in total. The summed E-state index contributed by atoms with van der Waals surface area (Å²) < 4.78 is 0. The summed E-state index contributed by atoms with van der Waals surface area (Å²) >= 11 is 0. The Hall–Kier alpha value is -0.520. The minimum Gasteiger partial charge on any atom is -0.0552 e. The summed E-state index contributed by atoms with van der Waals surface area (Å²) in [5.41, 5.74) is 3.39. The van der Waals surface area contributed by atoms with E-state index in [0.717, 1.165) is 23.7 Å². The van der Waals surface area contributed by atoms with Crippen molar-refractivity contribution in [3.8, 4) is 0 Å². The van der Waals surface area contributed by atoms with E-state index in [-0.39, 0.29) is 0 Å². The molecule has 5 rings (SSSR count). The van der Waals surface area contributed by atoms with Crippen LogP contribution in [0.2, 0.25) is 0 Å². The zero-order valence-electron chi connectivity index (χ0n) is 5.88. The molecule has 0 radical (unpaired) electrons. The van der Waals surface area contributed by atoms with Gasteiger partial charge in [0.2, 0.25) is 0 Å². The van der Waals surface area contributed by atoms with Crippen LogP contribution in [0.15, 0.2) is 23.3 Å². The third-order valence-electron chi connectivity index (χ3n) is 4.13. The fraction of sp³-hybridized carbons (Fsp3) is 0.600. The minimum absolute atomic E-state index is 1.04. The maximum Gasteiger partial charge on any atom is -0.00589 e. The molecule has 2 bridgehead atoms. The molecule has 0 spiro atoms. The van der Waals surface area contributed by atoms with Crippen LogP contribution < -0.4 is 0 Å². The lowest BCUT2D eigenvalue weighted by molar-refractivity contribution is -0.0457. The zero-order valence-corrected chi connectivity index (χ0v) is 5.88. The molecule has 0 heteroatoms. The normalized spacial score (nSPS) is 58.4. The average Bonchev–Trinajstić information content (AvgIpc) is 2.14. The standard InChI is InChI=1S/C10H10/c1-2-8-7(1)9-5-3-6(4-5)10(8)9/h3-4,7-10H,1-2H2. The highest BCUT2D eigenvalue weighted by Gasteiger charge is 2.61. The predicted octanol–water partition coefficient (Wildman–Crippen LogP) is 2.14. The van der Waals surface area contributed by atoms with Gasteiger partial charge < -0.3 is 0 Å². The molecule has 0 saturated heterocycles. The molecule has 0 amide bonds. The molecular formula is C10H10.